The van der Waals surface area contributed by atoms with Crippen molar-refractivity contribution in [3.8, 4) is 5.88 Å². The van der Waals surface area contributed by atoms with Gasteiger partial charge in [-0.25, -0.2) is 4.98 Å². The van der Waals surface area contributed by atoms with Gasteiger partial charge in [0.05, 0.1) is 6.10 Å². The smallest absolute Gasteiger partial charge is 0.218 e. The highest BCUT2D eigenvalue weighted by Gasteiger charge is 2.07. The molecular formula is C15H24N2O. The van der Waals surface area contributed by atoms with Gasteiger partial charge in [-0.15, -0.1) is 6.58 Å². The van der Waals surface area contributed by atoms with Crippen molar-refractivity contribution >= 4 is 0 Å². The van der Waals surface area contributed by atoms with Crippen molar-refractivity contribution < 1.29 is 4.74 Å². The van der Waals surface area contributed by atoms with Crippen molar-refractivity contribution in [3.05, 3.63) is 36.5 Å². The fourth-order valence-corrected chi connectivity index (χ4v) is 1.64. The summed E-state index contributed by atoms with van der Waals surface area (Å²) < 4.78 is 5.69. The fourth-order valence-electron chi connectivity index (χ4n) is 1.64. The monoisotopic (exact) mass is 248 g/mol. The van der Waals surface area contributed by atoms with Crippen LogP contribution in [0.15, 0.2) is 31.0 Å². The molecule has 0 aliphatic heterocycles. The first kappa shape index (κ1) is 14.7. The summed E-state index contributed by atoms with van der Waals surface area (Å²) in [7, 11) is 0. The van der Waals surface area contributed by atoms with Gasteiger partial charge < -0.3 is 10.1 Å². The van der Waals surface area contributed by atoms with Crippen molar-refractivity contribution in [2.24, 2.45) is 0 Å². The lowest BCUT2D eigenvalue weighted by Gasteiger charge is -2.16. The Hall–Kier alpha value is -1.35. The molecule has 1 rings (SSSR count). The average Bonchev–Trinajstić information content (AvgIpc) is 2.34. The number of hydrogen-bond donors (Lipinski definition) is 1. The largest absolute Gasteiger partial charge is 0.475 e. The second-order valence-electron chi connectivity index (χ2n) is 4.78. The summed E-state index contributed by atoms with van der Waals surface area (Å²) in [6.45, 7) is 10.7. The predicted molar refractivity (Wildman–Crippen MR) is 75.7 cm³/mol. The topological polar surface area (TPSA) is 34.2 Å². The number of nitrogens with zero attached hydrogens (tertiary/aromatic N) is 1. The molecule has 0 radical (unpaired) electrons. The van der Waals surface area contributed by atoms with Gasteiger partial charge in [-0.2, -0.15) is 0 Å². The second-order valence-corrected chi connectivity index (χ2v) is 4.78. The highest BCUT2D eigenvalue weighted by molar-refractivity contribution is 5.25. The van der Waals surface area contributed by atoms with E-state index in [-0.39, 0.29) is 6.10 Å². The molecule has 0 saturated carbocycles. The van der Waals surface area contributed by atoms with E-state index in [0.717, 1.165) is 30.8 Å². The van der Waals surface area contributed by atoms with E-state index in [4.69, 9.17) is 4.74 Å². The maximum atomic E-state index is 5.69. The van der Waals surface area contributed by atoms with Gasteiger partial charge in [-0.1, -0.05) is 12.1 Å². The van der Waals surface area contributed by atoms with Crippen molar-refractivity contribution in [1.82, 2.24) is 10.3 Å². The van der Waals surface area contributed by atoms with Gasteiger partial charge in [0.25, 0.3) is 0 Å². The molecule has 0 aliphatic carbocycles. The van der Waals surface area contributed by atoms with Gasteiger partial charge >= 0.3 is 0 Å². The second kappa shape index (κ2) is 7.88. The van der Waals surface area contributed by atoms with E-state index >= 15 is 0 Å². The van der Waals surface area contributed by atoms with Crippen LogP contribution in [-0.4, -0.2) is 17.1 Å². The number of aromatic nitrogens is 1. The number of rotatable bonds is 8. The molecule has 1 unspecified atom stereocenters. The first-order chi connectivity index (χ1) is 8.63. The third-order valence-electron chi connectivity index (χ3n) is 2.64. The molecule has 3 heteroatoms. The zero-order valence-electron chi connectivity index (χ0n) is 11.6. The molecular weight excluding hydrogens is 224 g/mol. The van der Waals surface area contributed by atoms with Crippen LogP contribution in [0.3, 0.4) is 0 Å². The van der Waals surface area contributed by atoms with E-state index in [0.29, 0.717) is 6.04 Å². The normalized spacial score (nSPS) is 12.4. The molecule has 1 aromatic heterocycles. The number of pyridine rings is 1. The Bertz CT molecular complexity index is 363. The van der Waals surface area contributed by atoms with Crippen molar-refractivity contribution in [1.29, 1.82) is 0 Å². The summed E-state index contributed by atoms with van der Waals surface area (Å²) in [5, 5.41) is 3.48. The molecule has 0 bridgehead atoms. The molecule has 0 saturated heterocycles. The molecule has 18 heavy (non-hydrogen) atoms. The average molecular weight is 248 g/mol. The third kappa shape index (κ3) is 5.32. The molecule has 1 N–H and O–H groups in total. The standard InChI is InChI=1S/C15H24N2O/c1-5-6-8-13(4)17-11-14-9-7-10-16-15(14)18-12(2)3/h5,7,9-10,12-13,17H,1,6,8,11H2,2-4H3. The Labute approximate surface area is 110 Å². The minimum atomic E-state index is 0.150. The van der Waals surface area contributed by atoms with E-state index in [1.165, 1.54) is 0 Å². The number of hydrogen-bond acceptors (Lipinski definition) is 3. The van der Waals surface area contributed by atoms with Gasteiger partial charge in [0.1, 0.15) is 0 Å². The highest BCUT2D eigenvalue weighted by atomic mass is 16.5. The summed E-state index contributed by atoms with van der Waals surface area (Å²) in [4.78, 5) is 4.28. The Balaban J connectivity index is 2.52. The maximum absolute atomic E-state index is 5.69. The van der Waals surface area contributed by atoms with E-state index in [1.54, 1.807) is 6.20 Å². The molecule has 3 nitrogen and oxygen atoms in total. The van der Waals surface area contributed by atoms with Crippen LogP contribution in [0.25, 0.3) is 0 Å². The van der Waals surface area contributed by atoms with Crippen LogP contribution in [0, 0.1) is 0 Å². The van der Waals surface area contributed by atoms with Crippen LogP contribution in [-0.2, 0) is 6.54 Å². The zero-order valence-corrected chi connectivity index (χ0v) is 11.6. The first-order valence-corrected chi connectivity index (χ1v) is 6.58. The number of allylic oxidation sites excluding steroid dienone is 1. The molecule has 100 valence electrons. The summed E-state index contributed by atoms with van der Waals surface area (Å²) in [6.07, 6.45) is 6.01. The quantitative estimate of drug-likeness (QED) is 0.717. The molecule has 1 atom stereocenters. The van der Waals surface area contributed by atoms with E-state index < -0.39 is 0 Å². The molecule has 0 aliphatic rings. The molecule has 1 heterocycles. The van der Waals surface area contributed by atoms with Gasteiger partial charge in [-0.05, 0) is 39.7 Å². The Morgan fingerprint density at radius 2 is 2.22 bits per heavy atom. The summed E-state index contributed by atoms with van der Waals surface area (Å²) in [5.74, 6) is 0.732. The van der Waals surface area contributed by atoms with Crippen LogP contribution in [0.4, 0.5) is 0 Å². The number of ether oxygens (including phenoxy) is 1. The lowest BCUT2D eigenvalue weighted by Crippen LogP contribution is -2.25. The maximum Gasteiger partial charge on any atom is 0.218 e. The van der Waals surface area contributed by atoms with E-state index in [2.05, 4.69) is 29.9 Å². The van der Waals surface area contributed by atoms with Crippen LogP contribution in [0.1, 0.15) is 39.2 Å². The van der Waals surface area contributed by atoms with Crippen molar-refractivity contribution in [2.45, 2.75) is 52.3 Å². The summed E-state index contributed by atoms with van der Waals surface area (Å²) in [5.41, 5.74) is 1.11. The SMILES string of the molecule is C=CCCC(C)NCc1cccnc1OC(C)C. The van der Waals surface area contributed by atoms with Gasteiger partial charge in [0, 0.05) is 24.3 Å². The minimum absolute atomic E-state index is 0.150. The zero-order chi connectivity index (χ0) is 13.4. The van der Waals surface area contributed by atoms with Crippen LogP contribution in [0.5, 0.6) is 5.88 Å². The summed E-state index contributed by atoms with van der Waals surface area (Å²) in [6, 6.07) is 4.46. The van der Waals surface area contributed by atoms with E-state index in [1.807, 2.05) is 26.0 Å². The van der Waals surface area contributed by atoms with Crippen LogP contribution < -0.4 is 10.1 Å². The van der Waals surface area contributed by atoms with Gasteiger partial charge in [0.2, 0.25) is 5.88 Å². The lowest BCUT2D eigenvalue weighted by atomic mass is 10.1. The van der Waals surface area contributed by atoms with Gasteiger partial charge in [-0.3, -0.25) is 0 Å². The van der Waals surface area contributed by atoms with Crippen molar-refractivity contribution in [3.63, 3.8) is 0 Å². The molecule has 0 amide bonds. The molecule has 0 fully saturated rings. The Morgan fingerprint density at radius 3 is 2.89 bits per heavy atom. The minimum Gasteiger partial charge on any atom is -0.475 e. The van der Waals surface area contributed by atoms with E-state index in [9.17, 15) is 0 Å². The van der Waals surface area contributed by atoms with Crippen LogP contribution in [0.2, 0.25) is 0 Å². The Morgan fingerprint density at radius 1 is 1.44 bits per heavy atom. The Kier molecular flexibility index (Phi) is 6.44. The molecule has 1 aromatic rings. The highest BCUT2D eigenvalue weighted by Crippen LogP contribution is 2.16. The third-order valence-corrected chi connectivity index (χ3v) is 2.64. The first-order valence-electron chi connectivity index (χ1n) is 6.58. The van der Waals surface area contributed by atoms with Gasteiger partial charge in [0.15, 0.2) is 0 Å². The molecule has 0 aromatic carbocycles. The summed E-state index contributed by atoms with van der Waals surface area (Å²) >= 11 is 0. The predicted octanol–water partition coefficient (Wildman–Crippen LogP) is 3.31. The fraction of sp³-hybridized carbons (Fsp3) is 0.533. The van der Waals surface area contributed by atoms with Crippen LogP contribution >= 0.6 is 0 Å². The number of nitrogens with one attached hydrogen (secondary N) is 1. The van der Waals surface area contributed by atoms with Crippen molar-refractivity contribution in [2.75, 3.05) is 0 Å². The molecule has 0 spiro atoms. The lowest BCUT2D eigenvalue weighted by molar-refractivity contribution is 0.229.